The summed E-state index contributed by atoms with van der Waals surface area (Å²) >= 11 is 0. The fourth-order valence-electron chi connectivity index (χ4n) is 3.01. The van der Waals surface area contributed by atoms with Gasteiger partial charge in [-0.1, -0.05) is 24.1 Å². The summed E-state index contributed by atoms with van der Waals surface area (Å²) in [7, 11) is 0. The molecule has 1 fully saturated rings. The molecule has 2 aromatic heterocycles. The second-order valence-corrected chi connectivity index (χ2v) is 8.14. The van der Waals surface area contributed by atoms with Crippen LogP contribution < -0.4 is 4.90 Å². The minimum absolute atomic E-state index is 0.00939. The van der Waals surface area contributed by atoms with E-state index in [1.54, 1.807) is 10.6 Å². The highest BCUT2D eigenvalue weighted by Gasteiger charge is 2.39. The van der Waals surface area contributed by atoms with Crippen LogP contribution in [0, 0.1) is 11.8 Å². The van der Waals surface area contributed by atoms with Crippen LogP contribution in [0.15, 0.2) is 42.7 Å². The van der Waals surface area contributed by atoms with Gasteiger partial charge in [0.05, 0.1) is 6.20 Å². The van der Waals surface area contributed by atoms with Gasteiger partial charge in [-0.05, 0) is 51.7 Å². The third-order valence-electron chi connectivity index (χ3n) is 4.46. The third-order valence-corrected chi connectivity index (χ3v) is 4.46. The highest BCUT2D eigenvalue weighted by molar-refractivity contribution is 5.92. The maximum absolute atomic E-state index is 13.0. The molecule has 0 spiro atoms. The highest BCUT2D eigenvalue weighted by atomic mass is 16.6. The molecule has 1 aromatic carbocycles. The van der Waals surface area contributed by atoms with E-state index in [0.29, 0.717) is 29.1 Å². The molecule has 7 heteroatoms. The molecule has 1 aliphatic rings. The Morgan fingerprint density at radius 1 is 1.23 bits per heavy atom. The Morgan fingerprint density at radius 3 is 2.60 bits per heavy atom. The molecule has 0 atom stereocenters. The lowest BCUT2D eigenvalue weighted by molar-refractivity contribution is 0.0576. The van der Waals surface area contributed by atoms with Gasteiger partial charge in [0.2, 0.25) is 0 Å². The number of nitrogens with zero attached hydrogens (tertiary/aromatic N) is 4. The van der Waals surface area contributed by atoms with E-state index in [-0.39, 0.29) is 6.04 Å². The van der Waals surface area contributed by atoms with Crippen molar-refractivity contribution in [2.45, 2.75) is 45.3 Å². The van der Waals surface area contributed by atoms with Crippen LogP contribution in [0.1, 0.15) is 55.4 Å². The van der Waals surface area contributed by atoms with Crippen LogP contribution in [0.3, 0.4) is 0 Å². The number of imidazole rings is 1. The number of carbonyl (C=O) groups is 2. The maximum atomic E-state index is 13.0. The van der Waals surface area contributed by atoms with Gasteiger partial charge in [0.15, 0.2) is 17.8 Å². The molecule has 4 rings (SSSR count). The molecule has 30 heavy (non-hydrogen) atoms. The standard InChI is InChI=1S/C23H22N4O3/c1-23(2,3)30-22(29)27(18-11-12-18)21-20-24-13-19(15-28)26(20)14-17(25-21)10-9-16-7-5-4-6-8-16/h4-8,13-15,18H,11-12H2,1-3H3. The van der Waals surface area contributed by atoms with Gasteiger partial charge in [-0.2, -0.15) is 0 Å². The second-order valence-electron chi connectivity index (χ2n) is 8.14. The fraction of sp³-hybridized carbons (Fsp3) is 0.304. The molecule has 0 radical (unpaired) electrons. The van der Waals surface area contributed by atoms with Crippen LogP contribution in [0.4, 0.5) is 10.6 Å². The summed E-state index contributed by atoms with van der Waals surface area (Å²) < 4.78 is 7.23. The number of aromatic nitrogens is 3. The van der Waals surface area contributed by atoms with Crippen molar-refractivity contribution in [3.8, 4) is 11.8 Å². The lowest BCUT2D eigenvalue weighted by atomic mass is 10.2. The first-order valence-electron chi connectivity index (χ1n) is 9.78. The molecular formula is C23H22N4O3. The molecular weight excluding hydrogens is 380 g/mol. The summed E-state index contributed by atoms with van der Waals surface area (Å²) in [4.78, 5) is 35.0. The number of rotatable bonds is 3. The van der Waals surface area contributed by atoms with Gasteiger partial charge in [-0.25, -0.2) is 14.8 Å². The molecule has 2 heterocycles. The first kappa shape index (κ1) is 19.6. The van der Waals surface area contributed by atoms with Crippen LogP contribution >= 0.6 is 0 Å². The highest BCUT2D eigenvalue weighted by Crippen LogP contribution is 2.34. The van der Waals surface area contributed by atoms with Gasteiger partial charge in [0.1, 0.15) is 17.0 Å². The zero-order valence-electron chi connectivity index (χ0n) is 17.1. The van der Waals surface area contributed by atoms with E-state index in [9.17, 15) is 9.59 Å². The molecule has 0 saturated heterocycles. The lowest BCUT2D eigenvalue weighted by Gasteiger charge is -2.27. The topological polar surface area (TPSA) is 76.8 Å². The van der Waals surface area contributed by atoms with Crippen LogP contribution in [0.5, 0.6) is 0 Å². The number of aldehydes is 1. The minimum atomic E-state index is -0.644. The van der Waals surface area contributed by atoms with Gasteiger partial charge >= 0.3 is 6.09 Å². The zero-order valence-corrected chi connectivity index (χ0v) is 17.1. The fourth-order valence-corrected chi connectivity index (χ4v) is 3.01. The van der Waals surface area contributed by atoms with Crippen molar-refractivity contribution < 1.29 is 14.3 Å². The van der Waals surface area contributed by atoms with E-state index < -0.39 is 11.7 Å². The number of fused-ring (bicyclic) bond motifs is 1. The zero-order chi connectivity index (χ0) is 21.3. The number of ether oxygens (including phenoxy) is 1. The Bertz CT molecular complexity index is 1160. The SMILES string of the molecule is CC(C)(C)OC(=O)N(c1nc(C#Cc2ccccc2)cn2c(C=O)cnc12)C1CC1. The Hall–Kier alpha value is -3.66. The molecule has 0 bridgehead atoms. The third kappa shape index (κ3) is 4.18. The van der Waals surface area contributed by atoms with E-state index in [1.165, 1.54) is 11.1 Å². The van der Waals surface area contributed by atoms with E-state index >= 15 is 0 Å². The predicted octanol–water partition coefficient (Wildman–Crippen LogP) is 3.85. The van der Waals surface area contributed by atoms with E-state index in [4.69, 9.17) is 4.74 Å². The first-order chi connectivity index (χ1) is 14.4. The Balaban J connectivity index is 1.83. The number of hydrogen-bond donors (Lipinski definition) is 0. The van der Waals surface area contributed by atoms with Crippen LogP contribution in [0.2, 0.25) is 0 Å². The molecule has 1 aliphatic carbocycles. The number of carbonyl (C=O) groups excluding carboxylic acids is 2. The Labute approximate surface area is 174 Å². The number of anilines is 1. The van der Waals surface area contributed by atoms with Crippen molar-refractivity contribution in [3.63, 3.8) is 0 Å². The first-order valence-corrected chi connectivity index (χ1v) is 9.78. The van der Waals surface area contributed by atoms with Crippen molar-refractivity contribution in [3.05, 3.63) is 59.7 Å². The van der Waals surface area contributed by atoms with Crippen molar-refractivity contribution in [1.82, 2.24) is 14.4 Å². The normalized spacial score (nSPS) is 13.4. The van der Waals surface area contributed by atoms with Crippen molar-refractivity contribution in [2.24, 2.45) is 0 Å². The molecule has 152 valence electrons. The summed E-state index contributed by atoms with van der Waals surface area (Å²) in [6.45, 7) is 5.46. The van der Waals surface area contributed by atoms with E-state index in [2.05, 4.69) is 21.8 Å². The molecule has 0 N–H and O–H groups in total. The van der Waals surface area contributed by atoms with Crippen molar-refractivity contribution >= 4 is 23.8 Å². The van der Waals surface area contributed by atoms with Crippen molar-refractivity contribution in [2.75, 3.05) is 4.90 Å². The van der Waals surface area contributed by atoms with E-state index in [0.717, 1.165) is 18.4 Å². The summed E-state index contributed by atoms with van der Waals surface area (Å²) in [5, 5.41) is 0. The van der Waals surface area contributed by atoms with Gasteiger partial charge in [0.25, 0.3) is 0 Å². The predicted molar refractivity (Wildman–Crippen MR) is 113 cm³/mol. The number of amides is 1. The molecule has 1 saturated carbocycles. The average Bonchev–Trinajstić information content (AvgIpc) is 3.44. The smallest absolute Gasteiger partial charge is 0.416 e. The quantitative estimate of drug-likeness (QED) is 0.491. The van der Waals surface area contributed by atoms with Crippen molar-refractivity contribution in [1.29, 1.82) is 0 Å². The molecule has 0 aliphatic heterocycles. The van der Waals surface area contributed by atoms with Crippen LogP contribution in [-0.4, -0.2) is 38.4 Å². The summed E-state index contributed by atoms with van der Waals surface area (Å²) in [6.07, 6.45) is 5.06. The maximum Gasteiger partial charge on any atom is 0.416 e. The molecule has 3 aromatic rings. The van der Waals surface area contributed by atoms with Gasteiger partial charge in [-0.15, -0.1) is 0 Å². The average molecular weight is 402 g/mol. The summed E-state index contributed by atoms with van der Waals surface area (Å²) in [6, 6.07) is 9.53. The second kappa shape index (κ2) is 7.64. The number of hydrogen-bond acceptors (Lipinski definition) is 5. The van der Waals surface area contributed by atoms with E-state index in [1.807, 2.05) is 51.1 Å². The van der Waals surface area contributed by atoms with Gasteiger partial charge in [-0.3, -0.25) is 14.1 Å². The largest absolute Gasteiger partial charge is 0.443 e. The summed E-state index contributed by atoms with van der Waals surface area (Å²) in [5.74, 6) is 6.44. The van der Waals surface area contributed by atoms with Crippen LogP contribution in [0.25, 0.3) is 5.65 Å². The van der Waals surface area contributed by atoms with Crippen LogP contribution in [-0.2, 0) is 4.74 Å². The summed E-state index contributed by atoms with van der Waals surface area (Å²) in [5.41, 5.74) is 1.40. The Kier molecular flexibility index (Phi) is 5.00. The molecule has 0 unspecified atom stereocenters. The van der Waals surface area contributed by atoms with Gasteiger partial charge in [0, 0.05) is 17.8 Å². The molecule has 1 amide bonds. The number of benzene rings is 1. The molecule has 7 nitrogen and oxygen atoms in total. The lowest BCUT2D eigenvalue weighted by Crippen LogP contribution is -2.39. The monoisotopic (exact) mass is 402 g/mol. The minimum Gasteiger partial charge on any atom is -0.443 e. The Morgan fingerprint density at radius 2 is 1.97 bits per heavy atom. The van der Waals surface area contributed by atoms with Gasteiger partial charge < -0.3 is 4.74 Å².